The second kappa shape index (κ2) is 6.85. The summed E-state index contributed by atoms with van der Waals surface area (Å²) in [4.78, 5) is 15.5. The highest BCUT2D eigenvalue weighted by Gasteiger charge is 2.72. The first kappa shape index (κ1) is 19.5. The first-order chi connectivity index (χ1) is 12.0. The van der Waals surface area contributed by atoms with Crippen LogP contribution in [-0.4, -0.2) is 28.9 Å². The normalized spacial score (nSPS) is 12.6. The molecule has 26 heavy (non-hydrogen) atoms. The van der Waals surface area contributed by atoms with Crippen molar-refractivity contribution in [2.75, 3.05) is 5.32 Å². The standard InChI is InChI=1S/C16H13F6N3O/c1-10-4-2-6-12(8-10)24-14(15(17,18)19,16(20,21)22)25-13(26)11-5-3-7-23-9-11/h2-9,24H,1H3,(H,25,26). The average molecular weight is 377 g/mol. The third kappa shape index (κ3) is 3.89. The Balaban J connectivity index is 2.51. The van der Waals surface area contributed by atoms with Crippen molar-refractivity contribution in [3.63, 3.8) is 0 Å². The zero-order valence-corrected chi connectivity index (χ0v) is 13.2. The number of rotatable bonds is 4. The molecule has 1 heterocycles. The van der Waals surface area contributed by atoms with Gasteiger partial charge >= 0.3 is 18.0 Å². The van der Waals surface area contributed by atoms with Gasteiger partial charge in [0.15, 0.2) is 0 Å². The minimum absolute atomic E-state index is 0.437. The predicted molar refractivity (Wildman–Crippen MR) is 81.3 cm³/mol. The lowest BCUT2D eigenvalue weighted by atomic mass is 10.1. The Morgan fingerprint density at radius 3 is 2.15 bits per heavy atom. The molecule has 0 aliphatic carbocycles. The fraction of sp³-hybridized carbons (Fsp3) is 0.250. The van der Waals surface area contributed by atoms with Gasteiger partial charge in [0.25, 0.3) is 5.91 Å². The van der Waals surface area contributed by atoms with E-state index in [2.05, 4.69) is 4.98 Å². The van der Waals surface area contributed by atoms with Crippen molar-refractivity contribution >= 4 is 11.6 Å². The molecule has 140 valence electrons. The lowest BCUT2D eigenvalue weighted by Gasteiger charge is -2.39. The van der Waals surface area contributed by atoms with Gasteiger partial charge in [0.2, 0.25) is 0 Å². The van der Waals surface area contributed by atoms with Gasteiger partial charge in [0.05, 0.1) is 5.56 Å². The van der Waals surface area contributed by atoms with Crippen molar-refractivity contribution in [2.24, 2.45) is 0 Å². The third-order valence-electron chi connectivity index (χ3n) is 3.43. The van der Waals surface area contributed by atoms with E-state index in [1.54, 1.807) is 0 Å². The van der Waals surface area contributed by atoms with Gasteiger partial charge in [-0.25, -0.2) is 0 Å². The van der Waals surface area contributed by atoms with E-state index in [9.17, 15) is 31.1 Å². The van der Waals surface area contributed by atoms with Crippen LogP contribution in [0.15, 0.2) is 48.8 Å². The number of nitrogens with one attached hydrogen (secondary N) is 2. The maximum atomic E-state index is 13.5. The van der Waals surface area contributed by atoms with Crippen LogP contribution in [0.3, 0.4) is 0 Å². The number of benzene rings is 1. The molecule has 0 saturated carbocycles. The Labute approximate surface area is 144 Å². The summed E-state index contributed by atoms with van der Waals surface area (Å²) in [5, 5.41) is 2.47. The van der Waals surface area contributed by atoms with Crippen LogP contribution < -0.4 is 10.6 Å². The van der Waals surface area contributed by atoms with Gasteiger partial charge in [-0.2, -0.15) is 26.3 Å². The van der Waals surface area contributed by atoms with Crippen LogP contribution in [-0.2, 0) is 0 Å². The van der Waals surface area contributed by atoms with Gasteiger partial charge in [0.1, 0.15) is 0 Å². The number of alkyl halides is 6. The second-order valence-electron chi connectivity index (χ2n) is 5.44. The fourth-order valence-corrected chi connectivity index (χ4v) is 2.15. The molecule has 0 aliphatic rings. The second-order valence-corrected chi connectivity index (χ2v) is 5.44. The number of anilines is 1. The van der Waals surface area contributed by atoms with Gasteiger partial charge in [0, 0.05) is 18.1 Å². The summed E-state index contributed by atoms with van der Waals surface area (Å²) in [6, 6.07) is 7.19. The molecule has 0 aliphatic heterocycles. The van der Waals surface area contributed by atoms with Crippen LogP contribution in [0.2, 0.25) is 0 Å². The summed E-state index contributed by atoms with van der Waals surface area (Å²) in [7, 11) is 0. The van der Waals surface area contributed by atoms with Crippen LogP contribution in [0, 0.1) is 6.92 Å². The number of carbonyl (C=O) groups is 1. The Bertz CT molecular complexity index is 760. The minimum atomic E-state index is -5.88. The third-order valence-corrected chi connectivity index (χ3v) is 3.43. The number of pyridine rings is 1. The Morgan fingerprint density at radius 1 is 1.00 bits per heavy atom. The molecule has 0 spiro atoms. The first-order valence-electron chi connectivity index (χ1n) is 7.17. The number of hydrogen-bond acceptors (Lipinski definition) is 3. The summed E-state index contributed by atoms with van der Waals surface area (Å²) < 4.78 is 81.1. The maximum absolute atomic E-state index is 13.5. The van der Waals surface area contributed by atoms with E-state index in [4.69, 9.17) is 0 Å². The molecule has 2 N–H and O–H groups in total. The molecule has 0 unspecified atom stereocenters. The lowest BCUT2D eigenvalue weighted by molar-refractivity contribution is -0.294. The number of halogens is 6. The molecule has 0 fully saturated rings. The van der Waals surface area contributed by atoms with Crippen LogP contribution >= 0.6 is 0 Å². The summed E-state index contributed by atoms with van der Waals surface area (Å²) in [5.74, 6) is -1.58. The fourth-order valence-electron chi connectivity index (χ4n) is 2.15. The van der Waals surface area contributed by atoms with Crippen LogP contribution in [0.4, 0.5) is 32.0 Å². The average Bonchev–Trinajstić information content (AvgIpc) is 2.53. The van der Waals surface area contributed by atoms with Gasteiger partial charge in [-0.3, -0.25) is 9.78 Å². The summed E-state index contributed by atoms with van der Waals surface area (Å²) in [6.45, 7) is 1.50. The van der Waals surface area contributed by atoms with Crippen LogP contribution in [0.1, 0.15) is 15.9 Å². The molecular formula is C16H13F6N3O. The van der Waals surface area contributed by atoms with E-state index in [0.29, 0.717) is 5.56 Å². The number of hydrogen-bond donors (Lipinski definition) is 2. The van der Waals surface area contributed by atoms with Crippen molar-refractivity contribution in [1.29, 1.82) is 0 Å². The zero-order chi connectivity index (χ0) is 19.6. The molecule has 0 atom stereocenters. The lowest BCUT2D eigenvalue weighted by Crippen LogP contribution is -2.72. The van der Waals surface area contributed by atoms with Gasteiger partial charge in [-0.1, -0.05) is 12.1 Å². The van der Waals surface area contributed by atoms with E-state index >= 15 is 0 Å². The van der Waals surface area contributed by atoms with E-state index in [0.717, 1.165) is 29.7 Å². The molecule has 10 heteroatoms. The van der Waals surface area contributed by atoms with Gasteiger partial charge in [-0.05, 0) is 36.8 Å². The quantitative estimate of drug-likeness (QED) is 0.624. The Kier molecular flexibility index (Phi) is 5.15. The highest BCUT2D eigenvalue weighted by molar-refractivity contribution is 5.94. The predicted octanol–water partition coefficient (Wildman–Crippen LogP) is 4.05. The molecule has 2 aromatic rings. The summed E-state index contributed by atoms with van der Waals surface area (Å²) in [6.07, 6.45) is -9.68. The van der Waals surface area contributed by atoms with E-state index in [1.807, 2.05) is 0 Å². The Hall–Kier alpha value is -2.78. The zero-order valence-electron chi connectivity index (χ0n) is 13.2. The highest BCUT2D eigenvalue weighted by atomic mass is 19.4. The van der Waals surface area contributed by atoms with Gasteiger partial charge in [-0.15, -0.1) is 0 Å². The molecule has 2 rings (SSSR count). The number of carbonyl (C=O) groups excluding carboxylic acids is 1. The monoisotopic (exact) mass is 377 g/mol. The topological polar surface area (TPSA) is 54.0 Å². The molecule has 1 aromatic heterocycles. The van der Waals surface area contributed by atoms with E-state index in [-0.39, 0.29) is 0 Å². The van der Waals surface area contributed by atoms with Gasteiger partial charge < -0.3 is 10.6 Å². The van der Waals surface area contributed by atoms with Crippen molar-refractivity contribution in [3.8, 4) is 0 Å². The molecule has 1 amide bonds. The molecule has 0 radical (unpaired) electrons. The van der Waals surface area contributed by atoms with E-state index in [1.165, 1.54) is 36.6 Å². The van der Waals surface area contributed by atoms with E-state index < -0.39 is 35.2 Å². The van der Waals surface area contributed by atoms with Crippen LogP contribution in [0.5, 0.6) is 0 Å². The van der Waals surface area contributed by atoms with Crippen LogP contribution in [0.25, 0.3) is 0 Å². The smallest absolute Gasteiger partial charge is 0.348 e. The number of aromatic nitrogens is 1. The summed E-state index contributed by atoms with van der Waals surface area (Å²) in [5.41, 5.74) is -5.14. The maximum Gasteiger partial charge on any atom is 0.439 e. The molecular weight excluding hydrogens is 364 g/mol. The van der Waals surface area contributed by atoms with Crippen molar-refractivity contribution in [2.45, 2.75) is 24.9 Å². The van der Waals surface area contributed by atoms with Crippen molar-refractivity contribution in [3.05, 3.63) is 59.9 Å². The van der Waals surface area contributed by atoms with Crippen molar-refractivity contribution in [1.82, 2.24) is 10.3 Å². The summed E-state index contributed by atoms with van der Waals surface area (Å²) >= 11 is 0. The number of nitrogens with zero attached hydrogens (tertiary/aromatic N) is 1. The largest absolute Gasteiger partial charge is 0.439 e. The highest BCUT2D eigenvalue weighted by Crippen LogP contribution is 2.43. The van der Waals surface area contributed by atoms with Crippen molar-refractivity contribution < 1.29 is 31.1 Å². The molecule has 4 nitrogen and oxygen atoms in total. The number of amides is 1. The number of aryl methyl sites for hydroxylation is 1. The SMILES string of the molecule is Cc1cccc(NC(NC(=O)c2cccnc2)(C(F)(F)F)C(F)(F)F)c1. The molecule has 0 bridgehead atoms. The molecule has 1 aromatic carbocycles. The minimum Gasteiger partial charge on any atom is -0.348 e. The first-order valence-corrected chi connectivity index (χ1v) is 7.17. The Morgan fingerprint density at radius 2 is 1.65 bits per heavy atom. The molecule has 0 saturated heterocycles.